The molecule has 0 amide bonds. The molecule has 0 spiro atoms. The number of carbonyl (C=O) groups excluding carboxylic acids is 1. The molecule has 2 rings (SSSR count). The summed E-state index contributed by atoms with van der Waals surface area (Å²) in [5, 5.41) is 0. The first kappa shape index (κ1) is 8.98. The highest BCUT2D eigenvalue weighted by atomic mass is 16.1. The van der Waals surface area contributed by atoms with Gasteiger partial charge in [-0.25, -0.2) is 0 Å². The zero-order valence-electron chi connectivity index (χ0n) is 8.17. The minimum Gasteiger partial charge on any atom is -0.299 e. The van der Waals surface area contributed by atoms with Gasteiger partial charge in [0.15, 0.2) is 0 Å². The van der Waals surface area contributed by atoms with Crippen LogP contribution >= 0.6 is 0 Å². The molecule has 3 atom stereocenters. The molecular formula is C12H18O. The van der Waals surface area contributed by atoms with Crippen molar-refractivity contribution in [3.63, 3.8) is 0 Å². The van der Waals surface area contributed by atoms with Crippen molar-refractivity contribution in [2.45, 2.75) is 38.5 Å². The Bertz CT molecular complexity index is 219. The van der Waals surface area contributed by atoms with E-state index in [9.17, 15) is 4.79 Å². The highest BCUT2D eigenvalue weighted by molar-refractivity contribution is 5.82. The van der Waals surface area contributed by atoms with E-state index in [1.54, 1.807) is 0 Å². The van der Waals surface area contributed by atoms with Gasteiger partial charge in [0.2, 0.25) is 0 Å². The molecule has 0 aliphatic heterocycles. The lowest BCUT2D eigenvalue weighted by Crippen LogP contribution is -2.35. The average Bonchev–Trinajstić information content (AvgIpc) is 2.12. The SMILES string of the molecule is C=CC[C@H]1C(=O)C[C@@H]2CCC[C@H]1C2. The van der Waals surface area contributed by atoms with E-state index < -0.39 is 0 Å². The summed E-state index contributed by atoms with van der Waals surface area (Å²) < 4.78 is 0. The monoisotopic (exact) mass is 178 g/mol. The number of hydrogen-bond donors (Lipinski definition) is 0. The molecule has 1 nitrogen and oxygen atoms in total. The summed E-state index contributed by atoms with van der Waals surface area (Å²) in [6.07, 6.45) is 8.91. The quantitative estimate of drug-likeness (QED) is 0.594. The van der Waals surface area contributed by atoms with Crippen molar-refractivity contribution in [1.29, 1.82) is 0 Å². The second kappa shape index (κ2) is 3.65. The van der Waals surface area contributed by atoms with Crippen LogP contribution < -0.4 is 0 Å². The summed E-state index contributed by atoms with van der Waals surface area (Å²) in [4.78, 5) is 11.8. The summed E-state index contributed by atoms with van der Waals surface area (Å²) >= 11 is 0. The number of fused-ring (bicyclic) bond motifs is 2. The maximum atomic E-state index is 11.8. The fourth-order valence-corrected chi connectivity index (χ4v) is 3.09. The molecule has 0 radical (unpaired) electrons. The first-order chi connectivity index (χ1) is 6.31. The summed E-state index contributed by atoms with van der Waals surface area (Å²) in [5.41, 5.74) is 0. The van der Waals surface area contributed by atoms with Crippen molar-refractivity contribution in [1.82, 2.24) is 0 Å². The van der Waals surface area contributed by atoms with Crippen LogP contribution in [0.25, 0.3) is 0 Å². The first-order valence-corrected chi connectivity index (χ1v) is 5.45. The van der Waals surface area contributed by atoms with Crippen LogP contribution in [-0.2, 0) is 4.79 Å². The normalized spacial score (nSPS) is 38.8. The minimum atomic E-state index is 0.328. The van der Waals surface area contributed by atoms with Crippen molar-refractivity contribution >= 4 is 5.78 Å². The third kappa shape index (κ3) is 1.70. The zero-order chi connectivity index (χ0) is 9.26. The van der Waals surface area contributed by atoms with Crippen LogP contribution in [0.4, 0.5) is 0 Å². The highest BCUT2D eigenvalue weighted by Gasteiger charge is 2.37. The fraction of sp³-hybridized carbons (Fsp3) is 0.750. The Hall–Kier alpha value is -0.590. The van der Waals surface area contributed by atoms with E-state index in [0.29, 0.717) is 17.6 Å². The molecule has 2 bridgehead atoms. The lowest BCUT2D eigenvalue weighted by molar-refractivity contribution is -0.129. The standard InChI is InChI=1S/C12H18O/c1-2-4-11-10-6-3-5-9(7-10)8-12(11)13/h2,9-11H,1,3-8H2/t9-,10+,11-/m1/s1. The van der Waals surface area contributed by atoms with E-state index >= 15 is 0 Å². The van der Waals surface area contributed by atoms with Gasteiger partial charge in [0, 0.05) is 12.3 Å². The van der Waals surface area contributed by atoms with E-state index in [-0.39, 0.29) is 0 Å². The summed E-state index contributed by atoms with van der Waals surface area (Å²) in [6, 6.07) is 0. The van der Waals surface area contributed by atoms with Crippen LogP contribution in [-0.4, -0.2) is 5.78 Å². The van der Waals surface area contributed by atoms with Gasteiger partial charge >= 0.3 is 0 Å². The average molecular weight is 178 g/mol. The summed E-state index contributed by atoms with van der Waals surface area (Å²) in [5.74, 6) is 2.26. The number of Topliss-reactive ketones (excluding diaryl/α,β-unsaturated/α-hetero) is 1. The molecule has 2 fully saturated rings. The van der Waals surface area contributed by atoms with Crippen molar-refractivity contribution < 1.29 is 4.79 Å². The number of hydrogen-bond acceptors (Lipinski definition) is 1. The summed E-state index contributed by atoms with van der Waals surface area (Å²) in [6.45, 7) is 3.74. The number of carbonyl (C=O) groups is 1. The largest absolute Gasteiger partial charge is 0.299 e. The predicted octanol–water partition coefficient (Wildman–Crippen LogP) is 2.96. The van der Waals surface area contributed by atoms with Crippen molar-refractivity contribution in [3.05, 3.63) is 12.7 Å². The molecule has 72 valence electrons. The number of allylic oxidation sites excluding steroid dienone is 1. The molecule has 2 aliphatic carbocycles. The van der Waals surface area contributed by atoms with Crippen LogP contribution in [0, 0.1) is 17.8 Å². The molecule has 13 heavy (non-hydrogen) atoms. The Morgan fingerprint density at radius 2 is 2.31 bits per heavy atom. The van der Waals surface area contributed by atoms with Crippen LogP contribution in [0.15, 0.2) is 12.7 Å². The minimum absolute atomic E-state index is 0.328. The second-order valence-electron chi connectivity index (χ2n) is 4.59. The van der Waals surface area contributed by atoms with E-state index in [4.69, 9.17) is 0 Å². The van der Waals surface area contributed by atoms with Gasteiger partial charge < -0.3 is 0 Å². The Morgan fingerprint density at radius 3 is 3.08 bits per heavy atom. The van der Waals surface area contributed by atoms with Crippen molar-refractivity contribution in [2.75, 3.05) is 0 Å². The van der Waals surface area contributed by atoms with Gasteiger partial charge in [0.1, 0.15) is 5.78 Å². The molecule has 1 heteroatoms. The third-order valence-electron chi connectivity index (χ3n) is 3.72. The van der Waals surface area contributed by atoms with Gasteiger partial charge in [-0.2, -0.15) is 0 Å². The number of rotatable bonds is 2. The maximum Gasteiger partial charge on any atom is 0.136 e. The van der Waals surface area contributed by atoms with E-state index in [0.717, 1.165) is 18.8 Å². The van der Waals surface area contributed by atoms with Crippen LogP contribution in [0.3, 0.4) is 0 Å². The molecule has 2 saturated carbocycles. The molecule has 0 N–H and O–H groups in total. The molecule has 0 saturated heterocycles. The lowest BCUT2D eigenvalue weighted by Gasteiger charge is -2.38. The molecule has 0 aromatic heterocycles. The molecule has 0 unspecified atom stereocenters. The van der Waals surface area contributed by atoms with Gasteiger partial charge in [-0.15, -0.1) is 6.58 Å². The van der Waals surface area contributed by atoms with E-state index in [1.165, 1.54) is 25.7 Å². The third-order valence-corrected chi connectivity index (χ3v) is 3.72. The Kier molecular flexibility index (Phi) is 2.52. The van der Waals surface area contributed by atoms with Gasteiger partial charge in [-0.1, -0.05) is 18.9 Å². The predicted molar refractivity (Wildman–Crippen MR) is 53.4 cm³/mol. The molecule has 2 aliphatic rings. The molecular weight excluding hydrogens is 160 g/mol. The van der Waals surface area contributed by atoms with Crippen molar-refractivity contribution in [2.24, 2.45) is 17.8 Å². The molecule has 0 aromatic rings. The van der Waals surface area contributed by atoms with Crippen LogP contribution in [0.2, 0.25) is 0 Å². The molecule has 0 aromatic carbocycles. The van der Waals surface area contributed by atoms with Crippen LogP contribution in [0.1, 0.15) is 38.5 Å². The Labute approximate surface area is 80.2 Å². The fourth-order valence-electron chi connectivity index (χ4n) is 3.09. The topological polar surface area (TPSA) is 17.1 Å². The van der Waals surface area contributed by atoms with E-state index in [1.807, 2.05) is 6.08 Å². The maximum absolute atomic E-state index is 11.8. The zero-order valence-corrected chi connectivity index (χ0v) is 8.17. The Morgan fingerprint density at radius 1 is 1.46 bits per heavy atom. The highest BCUT2D eigenvalue weighted by Crippen LogP contribution is 2.42. The molecule has 0 heterocycles. The van der Waals surface area contributed by atoms with Gasteiger partial charge in [0.05, 0.1) is 0 Å². The summed E-state index contributed by atoms with van der Waals surface area (Å²) in [7, 11) is 0. The lowest BCUT2D eigenvalue weighted by atomic mass is 9.65. The van der Waals surface area contributed by atoms with Gasteiger partial charge in [0.25, 0.3) is 0 Å². The van der Waals surface area contributed by atoms with Crippen molar-refractivity contribution in [3.8, 4) is 0 Å². The van der Waals surface area contributed by atoms with Crippen LogP contribution in [0.5, 0.6) is 0 Å². The smallest absolute Gasteiger partial charge is 0.136 e. The first-order valence-electron chi connectivity index (χ1n) is 5.45. The van der Waals surface area contributed by atoms with E-state index in [2.05, 4.69) is 6.58 Å². The Balaban J connectivity index is 2.08. The van der Waals surface area contributed by atoms with Gasteiger partial charge in [-0.05, 0) is 31.1 Å². The second-order valence-corrected chi connectivity index (χ2v) is 4.59. The van der Waals surface area contributed by atoms with Gasteiger partial charge in [-0.3, -0.25) is 4.79 Å². The number of ketones is 1.